The Kier molecular flexibility index (Phi) is 8.46. The van der Waals surface area contributed by atoms with Crippen LogP contribution in [0.4, 0.5) is 50.0 Å². The van der Waals surface area contributed by atoms with Crippen LogP contribution in [0.3, 0.4) is 0 Å². The Morgan fingerprint density at radius 2 is 1.46 bits per heavy atom. The van der Waals surface area contributed by atoms with E-state index in [-0.39, 0.29) is 62.8 Å². The first-order valence-electron chi connectivity index (χ1n) is 12.8. The van der Waals surface area contributed by atoms with Crippen LogP contribution in [-0.2, 0) is 27.3 Å². The number of anilines is 1. The zero-order valence-corrected chi connectivity index (χ0v) is 22.4. The molecule has 3 aliphatic heterocycles. The predicted molar refractivity (Wildman–Crippen MR) is 128 cm³/mol. The normalized spacial score (nSPS) is 22.0. The molecule has 1 amide bonds. The van der Waals surface area contributed by atoms with E-state index in [0.717, 1.165) is 17.0 Å². The van der Waals surface area contributed by atoms with Gasteiger partial charge in [0.15, 0.2) is 9.84 Å². The molecule has 0 radical (unpaired) electrons. The van der Waals surface area contributed by atoms with Crippen molar-refractivity contribution in [3.63, 3.8) is 0 Å². The second-order valence-electron chi connectivity index (χ2n) is 10.6. The van der Waals surface area contributed by atoms with Gasteiger partial charge < -0.3 is 14.5 Å². The summed E-state index contributed by atoms with van der Waals surface area (Å²) in [5, 5.41) is 0. The molecule has 7 nitrogen and oxygen atoms in total. The second-order valence-corrected chi connectivity index (χ2v) is 12.9. The highest BCUT2D eigenvalue weighted by Crippen LogP contribution is 2.42. The molecule has 0 unspecified atom stereocenters. The van der Waals surface area contributed by atoms with Gasteiger partial charge in [-0.2, -0.15) is 39.5 Å². The molecule has 0 aromatic heterocycles. The van der Waals surface area contributed by atoms with Gasteiger partial charge in [0.2, 0.25) is 0 Å². The van der Waals surface area contributed by atoms with Crippen molar-refractivity contribution in [2.45, 2.75) is 62.4 Å². The molecule has 41 heavy (non-hydrogen) atoms. The molecule has 0 N–H and O–H groups in total. The molecule has 232 valence electrons. The van der Waals surface area contributed by atoms with E-state index >= 15 is 0 Å². The van der Waals surface area contributed by atoms with E-state index < -0.39 is 51.7 Å². The van der Waals surface area contributed by atoms with Gasteiger partial charge in [0.25, 0.3) is 6.10 Å². The summed E-state index contributed by atoms with van der Waals surface area (Å²) in [6.07, 6.45) is -20.5. The lowest BCUT2D eigenvalue weighted by molar-refractivity contribution is -0.308. The van der Waals surface area contributed by atoms with Crippen molar-refractivity contribution >= 4 is 21.6 Å². The Balaban J connectivity index is 1.49. The number of ether oxygens (including phenoxy) is 1. The number of rotatable bonds is 4. The van der Waals surface area contributed by atoms with Gasteiger partial charge in [-0.05, 0) is 49.9 Å². The maximum Gasteiger partial charge on any atom is 0.434 e. The van der Waals surface area contributed by atoms with Crippen LogP contribution in [0.2, 0.25) is 0 Å². The molecule has 4 rings (SSSR count). The quantitative estimate of drug-likeness (QED) is 0.439. The first-order chi connectivity index (χ1) is 18.8. The molecule has 3 aliphatic rings. The number of hydrogen-bond acceptors (Lipinski definition) is 6. The predicted octanol–water partition coefficient (Wildman–Crippen LogP) is 5.00. The van der Waals surface area contributed by atoms with E-state index in [9.17, 15) is 52.7 Å². The second kappa shape index (κ2) is 11.0. The number of benzene rings is 1. The van der Waals surface area contributed by atoms with Crippen molar-refractivity contribution in [2.75, 3.05) is 49.1 Å². The topological polar surface area (TPSA) is 70.2 Å². The summed E-state index contributed by atoms with van der Waals surface area (Å²) < 4.78 is 145. The number of carbonyl (C=O) groups excluding carboxylic acids is 1. The number of alkyl halides is 9. The fourth-order valence-corrected chi connectivity index (χ4v) is 6.94. The van der Waals surface area contributed by atoms with Crippen molar-refractivity contribution in [3.8, 4) is 0 Å². The van der Waals surface area contributed by atoms with Crippen molar-refractivity contribution in [3.05, 3.63) is 29.3 Å². The summed E-state index contributed by atoms with van der Waals surface area (Å²) in [5.74, 6) is -0.405. The van der Waals surface area contributed by atoms with Crippen LogP contribution in [-0.4, -0.2) is 92.5 Å². The number of sulfone groups is 1. The van der Waals surface area contributed by atoms with E-state index in [1.165, 1.54) is 6.07 Å². The Bertz CT molecular complexity index is 1200. The minimum absolute atomic E-state index is 0.0235. The van der Waals surface area contributed by atoms with E-state index in [1.54, 1.807) is 4.90 Å². The first-order valence-corrected chi connectivity index (χ1v) is 14.6. The average Bonchev–Trinajstić information content (AvgIpc) is 3.22. The number of carbonyl (C=O) groups is 1. The van der Waals surface area contributed by atoms with Gasteiger partial charge in [0, 0.05) is 44.0 Å². The molecule has 3 heterocycles. The monoisotopic (exact) mass is 625 g/mol. The zero-order chi connectivity index (χ0) is 30.4. The molecule has 0 bridgehead atoms. The van der Waals surface area contributed by atoms with Crippen LogP contribution in [0.15, 0.2) is 18.2 Å². The molecule has 0 aliphatic carbocycles. The SMILES string of the molecule is O=C(OC(C(F)(F)F)C(F)(F)F)N1CCC2(CCCN2Cc2ccc(C(F)(F)F)cc2N2CCS(=O)(=O)CC2)CC1. The van der Waals surface area contributed by atoms with E-state index in [4.69, 9.17) is 0 Å². The fraction of sp³-hybridized carbons (Fsp3) is 0.708. The Hall–Kier alpha value is -2.43. The number of amides is 1. The van der Waals surface area contributed by atoms with Gasteiger partial charge in [-0.1, -0.05) is 6.07 Å². The maximum absolute atomic E-state index is 13.5. The number of likely N-dealkylation sites (tertiary alicyclic amines) is 2. The van der Waals surface area contributed by atoms with Gasteiger partial charge in [-0.15, -0.1) is 0 Å². The van der Waals surface area contributed by atoms with Gasteiger partial charge >= 0.3 is 24.6 Å². The smallest absolute Gasteiger partial charge is 0.426 e. The fourth-order valence-electron chi connectivity index (χ4n) is 5.73. The summed E-state index contributed by atoms with van der Waals surface area (Å²) in [5.41, 5.74) is -0.680. The van der Waals surface area contributed by atoms with Gasteiger partial charge in [0.05, 0.1) is 17.1 Å². The average molecular weight is 626 g/mol. The highest BCUT2D eigenvalue weighted by Gasteiger charge is 2.60. The van der Waals surface area contributed by atoms with E-state index in [1.807, 2.05) is 4.90 Å². The van der Waals surface area contributed by atoms with Gasteiger partial charge in [0.1, 0.15) is 0 Å². The standard InChI is InChI=1S/C24H28F9N3O4S/c25-22(26,27)17-3-2-16(18(14-17)34-10-12-41(38,39)13-11-34)15-36-7-1-4-21(36)5-8-35(9-6-21)20(37)40-19(23(28,29)30)24(31,32)33/h2-3,14,19H,1,4-13,15H2. The van der Waals surface area contributed by atoms with Gasteiger partial charge in [-0.25, -0.2) is 13.2 Å². The highest BCUT2D eigenvalue weighted by molar-refractivity contribution is 7.91. The summed E-state index contributed by atoms with van der Waals surface area (Å²) >= 11 is 0. The van der Waals surface area contributed by atoms with Crippen molar-refractivity contribution in [1.29, 1.82) is 0 Å². The first kappa shape index (κ1) is 31.5. The number of nitrogens with zero attached hydrogens (tertiary/aromatic N) is 3. The molecule has 1 aromatic rings. The van der Waals surface area contributed by atoms with E-state index in [0.29, 0.717) is 24.9 Å². The molecule has 3 saturated heterocycles. The van der Waals surface area contributed by atoms with Crippen molar-refractivity contribution in [2.24, 2.45) is 0 Å². The molecular weight excluding hydrogens is 597 g/mol. The zero-order valence-electron chi connectivity index (χ0n) is 21.6. The van der Waals surface area contributed by atoms with Crippen LogP contribution < -0.4 is 4.90 Å². The Morgan fingerprint density at radius 1 is 0.878 bits per heavy atom. The number of piperidine rings is 1. The van der Waals surface area contributed by atoms with Crippen LogP contribution >= 0.6 is 0 Å². The molecule has 17 heteroatoms. The number of hydrogen-bond donors (Lipinski definition) is 0. The minimum Gasteiger partial charge on any atom is -0.426 e. The lowest BCUT2D eigenvalue weighted by Crippen LogP contribution is -2.54. The molecule has 1 aromatic carbocycles. The third-order valence-corrected chi connectivity index (χ3v) is 9.57. The lowest BCUT2D eigenvalue weighted by Gasteiger charge is -2.45. The molecular formula is C24H28F9N3O4S. The third-order valence-electron chi connectivity index (χ3n) is 7.97. The summed E-state index contributed by atoms with van der Waals surface area (Å²) in [6.45, 7) is 0.434. The van der Waals surface area contributed by atoms with Crippen LogP contribution in [0.5, 0.6) is 0 Å². The molecule has 0 atom stereocenters. The minimum atomic E-state index is -5.83. The lowest BCUT2D eigenvalue weighted by atomic mass is 9.84. The Labute approximate surface area is 230 Å². The van der Waals surface area contributed by atoms with Gasteiger partial charge in [-0.3, -0.25) is 4.90 Å². The number of halogens is 9. The van der Waals surface area contributed by atoms with Crippen molar-refractivity contribution < 1.29 is 57.5 Å². The van der Waals surface area contributed by atoms with Crippen LogP contribution in [0.25, 0.3) is 0 Å². The Morgan fingerprint density at radius 3 is 2.00 bits per heavy atom. The summed E-state index contributed by atoms with van der Waals surface area (Å²) in [7, 11) is -3.30. The molecule has 1 spiro atoms. The largest absolute Gasteiger partial charge is 0.434 e. The summed E-state index contributed by atoms with van der Waals surface area (Å²) in [6, 6.07) is 3.28. The third kappa shape index (κ3) is 7.14. The van der Waals surface area contributed by atoms with Crippen molar-refractivity contribution in [1.82, 2.24) is 9.80 Å². The maximum atomic E-state index is 13.5. The van der Waals surface area contributed by atoms with Crippen LogP contribution in [0, 0.1) is 0 Å². The molecule has 0 saturated carbocycles. The van der Waals surface area contributed by atoms with Crippen LogP contribution in [0.1, 0.15) is 36.8 Å². The summed E-state index contributed by atoms with van der Waals surface area (Å²) in [4.78, 5) is 16.6. The van der Waals surface area contributed by atoms with E-state index in [2.05, 4.69) is 4.74 Å². The molecule has 3 fully saturated rings. The highest BCUT2D eigenvalue weighted by atomic mass is 32.2.